The Morgan fingerprint density at radius 3 is 2.53 bits per heavy atom. The lowest BCUT2D eigenvalue weighted by Crippen LogP contribution is -2.40. The Labute approximate surface area is 102 Å². The van der Waals surface area contributed by atoms with E-state index in [4.69, 9.17) is 0 Å². The second kappa shape index (κ2) is 3.55. The maximum absolute atomic E-state index is 12.0. The van der Waals surface area contributed by atoms with Crippen LogP contribution in [0.2, 0.25) is 0 Å². The largest absolute Gasteiger partial charge is 0.305 e. The number of carbonyl (C=O) groups is 2. The zero-order valence-corrected chi connectivity index (χ0v) is 10.5. The van der Waals surface area contributed by atoms with Gasteiger partial charge in [0.2, 0.25) is 11.8 Å². The third-order valence-corrected chi connectivity index (χ3v) is 4.42. The van der Waals surface area contributed by atoms with E-state index in [9.17, 15) is 9.59 Å². The second-order valence-electron chi connectivity index (χ2n) is 6.39. The second-order valence-corrected chi connectivity index (χ2v) is 6.39. The molecule has 1 aliphatic heterocycles. The van der Waals surface area contributed by atoms with E-state index in [1.807, 2.05) is 0 Å². The molecule has 3 rings (SSSR count). The number of nitrogens with one attached hydrogen (secondary N) is 1. The van der Waals surface area contributed by atoms with Gasteiger partial charge in [-0.25, -0.2) is 0 Å². The smallest absolute Gasteiger partial charge is 0.247 e. The number of carbonyl (C=O) groups excluding carboxylic acids is 2. The lowest BCUT2D eigenvalue weighted by Gasteiger charge is -2.14. The van der Waals surface area contributed by atoms with Gasteiger partial charge in [-0.15, -0.1) is 0 Å². The molecule has 2 unspecified atom stereocenters. The molecule has 2 atom stereocenters. The Morgan fingerprint density at radius 1 is 1.35 bits per heavy atom. The topological polar surface area (TPSA) is 49.4 Å². The molecule has 0 spiro atoms. The summed E-state index contributed by atoms with van der Waals surface area (Å²) in [6, 6.07) is -0.0290. The standard InChI is InChI=1S/C13H20N2O2/c1-13(2)6-8(13)7-14-10-5-11(16)15(12(10)17)9-3-4-9/h8-10,14H,3-7H2,1-2H3. The highest BCUT2D eigenvalue weighted by molar-refractivity contribution is 6.06. The summed E-state index contributed by atoms with van der Waals surface area (Å²) in [6.45, 7) is 5.37. The average molecular weight is 236 g/mol. The van der Waals surface area contributed by atoms with Crippen molar-refractivity contribution < 1.29 is 9.59 Å². The molecule has 94 valence electrons. The SMILES string of the molecule is CC1(C)CC1CNC1CC(=O)N(C2CC2)C1=O. The van der Waals surface area contributed by atoms with Gasteiger partial charge in [0.25, 0.3) is 0 Å². The van der Waals surface area contributed by atoms with E-state index in [2.05, 4.69) is 19.2 Å². The van der Waals surface area contributed by atoms with Crippen LogP contribution in [0.5, 0.6) is 0 Å². The number of likely N-dealkylation sites (tertiary alicyclic amines) is 1. The van der Waals surface area contributed by atoms with Gasteiger partial charge in [-0.05, 0) is 37.1 Å². The first-order chi connectivity index (χ1) is 7.99. The zero-order chi connectivity index (χ0) is 12.2. The molecule has 2 aliphatic carbocycles. The molecule has 0 aromatic carbocycles. The van der Waals surface area contributed by atoms with E-state index in [1.54, 1.807) is 0 Å². The molecular formula is C13H20N2O2. The molecule has 3 aliphatic rings. The van der Waals surface area contributed by atoms with Crippen LogP contribution in [0.3, 0.4) is 0 Å². The van der Waals surface area contributed by atoms with Crippen molar-refractivity contribution in [1.29, 1.82) is 0 Å². The molecule has 0 aromatic heterocycles. The molecule has 17 heavy (non-hydrogen) atoms. The van der Waals surface area contributed by atoms with E-state index in [0.29, 0.717) is 17.8 Å². The van der Waals surface area contributed by atoms with Gasteiger partial charge in [-0.1, -0.05) is 13.8 Å². The molecule has 0 bridgehead atoms. The summed E-state index contributed by atoms with van der Waals surface area (Å²) < 4.78 is 0. The first-order valence-corrected chi connectivity index (χ1v) is 6.58. The molecule has 0 radical (unpaired) electrons. The van der Waals surface area contributed by atoms with Crippen LogP contribution in [0.4, 0.5) is 0 Å². The highest BCUT2D eigenvalue weighted by Crippen LogP contribution is 2.51. The summed E-state index contributed by atoms with van der Waals surface area (Å²) in [5.74, 6) is 0.696. The predicted octanol–water partition coefficient (Wildman–Crippen LogP) is 0.912. The van der Waals surface area contributed by atoms with Crippen molar-refractivity contribution >= 4 is 11.8 Å². The van der Waals surface area contributed by atoms with Crippen LogP contribution in [0.1, 0.15) is 39.5 Å². The lowest BCUT2D eigenvalue weighted by atomic mass is 10.1. The maximum atomic E-state index is 12.0. The fourth-order valence-corrected chi connectivity index (χ4v) is 2.74. The summed E-state index contributed by atoms with van der Waals surface area (Å²) in [4.78, 5) is 25.3. The minimum absolute atomic E-state index is 0.0101. The molecule has 2 amide bonds. The van der Waals surface area contributed by atoms with Crippen LogP contribution < -0.4 is 5.32 Å². The van der Waals surface area contributed by atoms with Crippen molar-refractivity contribution in [3.8, 4) is 0 Å². The van der Waals surface area contributed by atoms with Gasteiger partial charge < -0.3 is 5.32 Å². The number of hydrogen-bond donors (Lipinski definition) is 1. The molecule has 1 saturated heterocycles. The molecule has 4 nitrogen and oxygen atoms in total. The first-order valence-electron chi connectivity index (χ1n) is 6.58. The number of imide groups is 1. The van der Waals surface area contributed by atoms with E-state index in [-0.39, 0.29) is 23.9 Å². The Morgan fingerprint density at radius 2 is 2.00 bits per heavy atom. The molecule has 3 fully saturated rings. The highest BCUT2D eigenvalue weighted by Gasteiger charge is 2.48. The third kappa shape index (κ3) is 1.99. The van der Waals surface area contributed by atoms with Gasteiger partial charge >= 0.3 is 0 Å². The molecule has 1 N–H and O–H groups in total. The molecule has 2 saturated carbocycles. The number of hydrogen-bond acceptors (Lipinski definition) is 3. The van der Waals surface area contributed by atoms with Gasteiger partial charge in [0.05, 0.1) is 12.5 Å². The monoisotopic (exact) mass is 236 g/mol. The molecule has 4 heteroatoms. The van der Waals surface area contributed by atoms with Crippen LogP contribution >= 0.6 is 0 Å². The van der Waals surface area contributed by atoms with Gasteiger partial charge in [0.1, 0.15) is 0 Å². The lowest BCUT2D eigenvalue weighted by molar-refractivity contribution is -0.139. The van der Waals surface area contributed by atoms with E-state index in [0.717, 1.165) is 19.4 Å². The van der Waals surface area contributed by atoms with Crippen molar-refractivity contribution in [1.82, 2.24) is 10.2 Å². The highest BCUT2D eigenvalue weighted by atomic mass is 16.2. The Hall–Kier alpha value is -0.900. The van der Waals surface area contributed by atoms with Crippen molar-refractivity contribution in [2.45, 2.75) is 51.6 Å². The van der Waals surface area contributed by atoms with Gasteiger partial charge in [0.15, 0.2) is 0 Å². The van der Waals surface area contributed by atoms with Crippen LogP contribution in [-0.4, -0.2) is 35.3 Å². The molecule has 0 aromatic rings. The molecular weight excluding hydrogens is 216 g/mol. The van der Waals surface area contributed by atoms with Crippen LogP contribution in [-0.2, 0) is 9.59 Å². The summed E-state index contributed by atoms with van der Waals surface area (Å²) in [6.07, 6.45) is 3.59. The quantitative estimate of drug-likeness (QED) is 0.738. The van der Waals surface area contributed by atoms with Crippen LogP contribution in [0.15, 0.2) is 0 Å². The third-order valence-electron chi connectivity index (χ3n) is 4.42. The fraction of sp³-hybridized carbons (Fsp3) is 0.846. The maximum Gasteiger partial charge on any atom is 0.247 e. The summed E-state index contributed by atoms with van der Waals surface area (Å²) >= 11 is 0. The van der Waals surface area contributed by atoms with Crippen LogP contribution in [0.25, 0.3) is 0 Å². The Kier molecular flexibility index (Phi) is 2.34. The predicted molar refractivity (Wildman–Crippen MR) is 63.2 cm³/mol. The van der Waals surface area contributed by atoms with Crippen molar-refractivity contribution in [2.24, 2.45) is 11.3 Å². The number of nitrogens with zero attached hydrogens (tertiary/aromatic N) is 1. The minimum atomic E-state index is -0.250. The van der Waals surface area contributed by atoms with Crippen molar-refractivity contribution in [2.75, 3.05) is 6.54 Å². The van der Waals surface area contributed by atoms with E-state index >= 15 is 0 Å². The summed E-state index contributed by atoms with van der Waals surface area (Å²) in [5, 5.41) is 3.28. The fourth-order valence-electron chi connectivity index (χ4n) is 2.74. The Balaban J connectivity index is 1.54. The zero-order valence-electron chi connectivity index (χ0n) is 10.5. The van der Waals surface area contributed by atoms with Crippen molar-refractivity contribution in [3.63, 3.8) is 0 Å². The number of amides is 2. The van der Waals surface area contributed by atoms with Gasteiger partial charge in [-0.2, -0.15) is 0 Å². The molecule has 1 heterocycles. The number of rotatable bonds is 4. The van der Waals surface area contributed by atoms with Crippen LogP contribution in [0, 0.1) is 11.3 Å². The summed E-state index contributed by atoms with van der Waals surface area (Å²) in [5.41, 5.74) is 0.425. The van der Waals surface area contributed by atoms with E-state index < -0.39 is 0 Å². The average Bonchev–Trinajstić information content (AvgIpc) is 3.12. The van der Waals surface area contributed by atoms with Gasteiger partial charge in [0, 0.05) is 6.04 Å². The van der Waals surface area contributed by atoms with Crippen molar-refractivity contribution in [3.05, 3.63) is 0 Å². The Bertz CT molecular complexity index is 374. The first kappa shape index (κ1) is 11.2. The van der Waals surface area contributed by atoms with E-state index in [1.165, 1.54) is 11.3 Å². The normalized spacial score (nSPS) is 35.5. The summed E-state index contributed by atoms with van der Waals surface area (Å²) in [7, 11) is 0. The van der Waals surface area contributed by atoms with Gasteiger partial charge in [-0.3, -0.25) is 14.5 Å². The minimum Gasteiger partial charge on any atom is -0.305 e.